The molecule has 0 atom stereocenters. The molecule has 5 nitrogen and oxygen atoms in total. The van der Waals surface area contributed by atoms with Gasteiger partial charge in [-0.3, -0.25) is 9.48 Å². The lowest BCUT2D eigenvalue weighted by atomic mass is 10.1. The molecule has 0 unspecified atom stereocenters. The molecule has 29 heavy (non-hydrogen) atoms. The SMILES string of the molecule is O=C(/C=C/c1cn(Cc2ccccc2Cl)nc1-c1ccccc1)N1CCOCC1. The highest BCUT2D eigenvalue weighted by Crippen LogP contribution is 2.24. The van der Waals surface area contributed by atoms with Crippen LogP contribution in [0.25, 0.3) is 17.3 Å². The van der Waals surface area contributed by atoms with E-state index >= 15 is 0 Å². The molecule has 0 radical (unpaired) electrons. The van der Waals surface area contributed by atoms with Crippen molar-refractivity contribution in [3.8, 4) is 11.3 Å². The number of hydrogen-bond acceptors (Lipinski definition) is 3. The van der Waals surface area contributed by atoms with Gasteiger partial charge in [0.25, 0.3) is 0 Å². The van der Waals surface area contributed by atoms with Crippen LogP contribution in [-0.4, -0.2) is 46.9 Å². The summed E-state index contributed by atoms with van der Waals surface area (Å²) in [5, 5.41) is 5.48. The fourth-order valence-electron chi connectivity index (χ4n) is 3.31. The van der Waals surface area contributed by atoms with E-state index in [1.165, 1.54) is 0 Å². The molecule has 2 heterocycles. The van der Waals surface area contributed by atoms with Crippen molar-refractivity contribution < 1.29 is 9.53 Å². The zero-order valence-corrected chi connectivity index (χ0v) is 16.8. The number of carbonyl (C=O) groups is 1. The summed E-state index contributed by atoms with van der Waals surface area (Å²) >= 11 is 6.31. The molecule has 6 heteroatoms. The number of carbonyl (C=O) groups excluding carboxylic acids is 1. The maximum absolute atomic E-state index is 12.5. The first-order valence-electron chi connectivity index (χ1n) is 9.62. The van der Waals surface area contributed by atoms with E-state index in [4.69, 9.17) is 21.4 Å². The summed E-state index contributed by atoms with van der Waals surface area (Å²) in [6, 6.07) is 17.7. The minimum Gasteiger partial charge on any atom is -0.378 e. The van der Waals surface area contributed by atoms with Crippen LogP contribution in [-0.2, 0) is 16.1 Å². The van der Waals surface area contributed by atoms with Crippen molar-refractivity contribution >= 4 is 23.6 Å². The van der Waals surface area contributed by atoms with Gasteiger partial charge in [0, 0.05) is 41.5 Å². The van der Waals surface area contributed by atoms with Gasteiger partial charge in [0.15, 0.2) is 0 Å². The fraction of sp³-hybridized carbons (Fsp3) is 0.217. The molecule has 2 aromatic carbocycles. The van der Waals surface area contributed by atoms with Crippen LogP contribution in [0.15, 0.2) is 66.9 Å². The van der Waals surface area contributed by atoms with Crippen LogP contribution in [0.2, 0.25) is 5.02 Å². The van der Waals surface area contributed by atoms with Gasteiger partial charge < -0.3 is 9.64 Å². The van der Waals surface area contributed by atoms with Gasteiger partial charge in [0.05, 0.1) is 25.5 Å². The zero-order chi connectivity index (χ0) is 20.1. The molecular weight excluding hydrogens is 386 g/mol. The smallest absolute Gasteiger partial charge is 0.246 e. The molecule has 1 aromatic heterocycles. The van der Waals surface area contributed by atoms with Crippen molar-refractivity contribution in [1.29, 1.82) is 0 Å². The van der Waals surface area contributed by atoms with Crippen molar-refractivity contribution in [1.82, 2.24) is 14.7 Å². The quantitative estimate of drug-likeness (QED) is 0.597. The highest BCUT2D eigenvalue weighted by atomic mass is 35.5. The van der Waals surface area contributed by atoms with Gasteiger partial charge in [-0.25, -0.2) is 0 Å². The minimum atomic E-state index is -0.00818. The number of hydrogen-bond donors (Lipinski definition) is 0. The average molecular weight is 408 g/mol. The molecule has 1 saturated heterocycles. The van der Waals surface area contributed by atoms with Gasteiger partial charge in [0.1, 0.15) is 0 Å². The van der Waals surface area contributed by atoms with Gasteiger partial charge in [-0.15, -0.1) is 0 Å². The number of halogens is 1. The highest BCUT2D eigenvalue weighted by Gasteiger charge is 2.15. The molecule has 148 valence electrons. The summed E-state index contributed by atoms with van der Waals surface area (Å²) < 4.78 is 7.18. The number of nitrogens with zero attached hydrogens (tertiary/aromatic N) is 3. The topological polar surface area (TPSA) is 47.4 Å². The van der Waals surface area contributed by atoms with Crippen LogP contribution in [0.1, 0.15) is 11.1 Å². The molecule has 1 aliphatic heterocycles. The fourth-order valence-corrected chi connectivity index (χ4v) is 3.51. The Hall–Kier alpha value is -2.89. The number of ether oxygens (including phenoxy) is 1. The number of benzene rings is 2. The van der Waals surface area contributed by atoms with Crippen LogP contribution in [0.5, 0.6) is 0 Å². The van der Waals surface area contributed by atoms with Gasteiger partial charge in [-0.2, -0.15) is 5.10 Å². The predicted molar refractivity (Wildman–Crippen MR) is 115 cm³/mol. The predicted octanol–water partition coefficient (Wildman–Crippen LogP) is 4.12. The molecule has 0 spiro atoms. The van der Waals surface area contributed by atoms with Gasteiger partial charge >= 0.3 is 0 Å². The maximum Gasteiger partial charge on any atom is 0.246 e. The number of amides is 1. The second-order valence-corrected chi connectivity index (χ2v) is 7.27. The van der Waals surface area contributed by atoms with E-state index in [0.29, 0.717) is 37.9 Å². The summed E-state index contributed by atoms with van der Waals surface area (Å²) in [7, 11) is 0. The Balaban J connectivity index is 1.62. The van der Waals surface area contributed by atoms with Gasteiger partial charge in [-0.05, 0) is 17.7 Å². The molecule has 0 saturated carbocycles. The summed E-state index contributed by atoms with van der Waals surface area (Å²) in [6.07, 6.45) is 5.42. The Morgan fingerprint density at radius 1 is 1.07 bits per heavy atom. The monoisotopic (exact) mass is 407 g/mol. The molecular formula is C23H22ClN3O2. The third-order valence-electron chi connectivity index (χ3n) is 4.86. The summed E-state index contributed by atoms with van der Waals surface area (Å²) in [4.78, 5) is 14.3. The summed E-state index contributed by atoms with van der Waals surface area (Å²) in [5.74, 6) is -0.00818. The molecule has 1 amide bonds. The van der Waals surface area contributed by atoms with Crippen molar-refractivity contribution in [2.45, 2.75) is 6.54 Å². The molecule has 4 rings (SSSR count). The van der Waals surface area contributed by atoms with Crippen molar-refractivity contribution in [2.75, 3.05) is 26.3 Å². The van der Waals surface area contributed by atoms with E-state index in [2.05, 4.69) is 0 Å². The van der Waals surface area contributed by atoms with Gasteiger partial charge in [-0.1, -0.05) is 60.1 Å². The number of rotatable bonds is 5. The lowest BCUT2D eigenvalue weighted by molar-refractivity contribution is -0.129. The van der Waals surface area contributed by atoms with Crippen LogP contribution >= 0.6 is 11.6 Å². The second kappa shape index (κ2) is 9.07. The van der Waals surface area contributed by atoms with E-state index in [1.54, 1.807) is 11.0 Å². The van der Waals surface area contributed by atoms with Crippen LogP contribution in [0.4, 0.5) is 0 Å². The third kappa shape index (κ3) is 4.75. The highest BCUT2D eigenvalue weighted by molar-refractivity contribution is 6.31. The first-order valence-corrected chi connectivity index (χ1v) is 9.99. The average Bonchev–Trinajstić information content (AvgIpc) is 3.17. The Kier molecular flexibility index (Phi) is 6.08. The van der Waals surface area contributed by atoms with E-state index in [9.17, 15) is 4.79 Å². The molecule has 0 N–H and O–H groups in total. The minimum absolute atomic E-state index is 0.00818. The van der Waals surface area contributed by atoms with Crippen molar-refractivity contribution in [3.63, 3.8) is 0 Å². The van der Waals surface area contributed by atoms with Crippen LogP contribution in [0, 0.1) is 0 Å². The lowest BCUT2D eigenvalue weighted by Gasteiger charge is -2.25. The van der Waals surface area contributed by atoms with Crippen molar-refractivity contribution in [2.24, 2.45) is 0 Å². The number of morpholine rings is 1. The standard InChI is InChI=1S/C23H22ClN3O2/c24-21-9-5-4-8-19(21)16-27-17-20(23(25-27)18-6-2-1-3-7-18)10-11-22(28)26-12-14-29-15-13-26/h1-11,17H,12-16H2/b11-10+. The van der Waals surface area contributed by atoms with Crippen LogP contribution < -0.4 is 0 Å². The Labute approximate surface area is 175 Å². The zero-order valence-electron chi connectivity index (χ0n) is 16.0. The van der Waals surface area contributed by atoms with E-state index in [0.717, 1.165) is 22.4 Å². The van der Waals surface area contributed by atoms with Gasteiger partial charge in [0.2, 0.25) is 5.91 Å². The van der Waals surface area contributed by atoms with E-state index in [-0.39, 0.29) is 5.91 Å². The molecule has 0 bridgehead atoms. The van der Waals surface area contributed by atoms with Crippen LogP contribution in [0.3, 0.4) is 0 Å². The molecule has 0 aliphatic carbocycles. The largest absolute Gasteiger partial charge is 0.378 e. The number of aromatic nitrogens is 2. The Morgan fingerprint density at radius 2 is 1.79 bits per heavy atom. The third-order valence-corrected chi connectivity index (χ3v) is 5.22. The first-order chi connectivity index (χ1) is 14.2. The summed E-state index contributed by atoms with van der Waals surface area (Å²) in [6.45, 7) is 2.99. The first kappa shape index (κ1) is 19.4. The van der Waals surface area contributed by atoms with Crippen molar-refractivity contribution in [3.05, 3.63) is 83.0 Å². The lowest BCUT2D eigenvalue weighted by Crippen LogP contribution is -2.39. The van der Waals surface area contributed by atoms with E-state index in [1.807, 2.05) is 71.6 Å². The maximum atomic E-state index is 12.5. The normalized spacial score (nSPS) is 14.4. The summed E-state index contributed by atoms with van der Waals surface area (Å²) in [5.41, 5.74) is 3.73. The Bertz CT molecular complexity index is 1010. The molecule has 3 aromatic rings. The Morgan fingerprint density at radius 3 is 2.55 bits per heavy atom. The molecule has 1 aliphatic rings. The van der Waals surface area contributed by atoms with E-state index < -0.39 is 0 Å². The molecule has 1 fully saturated rings. The second-order valence-electron chi connectivity index (χ2n) is 6.86.